The fourth-order valence-electron chi connectivity index (χ4n) is 3.32. The number of H-pyrrole nitrogens is 1. The van der Waals surface area contributed by atoms with E-state index in [-0.39, 0.29) is 5.69 Å². The van der Waals surface area contributed by atoms with Gasteiger partial charge >= 0.3 is 5.69 Å². The fourth-order valence-corrected chi connectivity index (χ4v) is 3.32. The molecule has 1 N–H and O–H groups in total. The zero-order valence-corrected chi connectivity index (χ0v) is 13.6. The lowest BCUT2D eigenvalue weighted by Gasteiger charge is -2.32. The molecule has 124 valence electrons. The van der Waals surface area contributed by atoms with Gasteiger partial charge in [-0.15, -0.1) is 0 Å². The molecule has 0 amide bonds. The van der Waals surface area contributed by atoms with Crippen molar-refractivity contribution in [2.45, 2.75) is 26.3 Å². The van der Waals surface area contributed by atoms with E-state index in [2.05, 4.69) is 24.8 Å². The minimum Gasteiger partial charge on any atom is -0.341 e. The molecule has 0 atom stereocenters. The molecule has 0 unspecified atom stereocenters. The second-order valence-corrected chi connectivity index (χ2v) is 6.34. The number of imidazole rings is 1. The van der Waals surface area contributed by atoms with Crippen molar-refractivity contribution in [3.8, 4) is 0 Å². The van der Waals surface area contributed by atoms with Gasteiger partial charge in [-0.25, -0.2) is 19.7 Å². The smallest absolute Gasteiger partial charge is 0.327 e. The first-order chi connectivity index (χ1) is 11.7. The summed E-state index contributed by atoms with van der Waals surface area (Å²) >= 11 is 0. The highest BCUT2D eigenvalue weighted by Crippen LogP contribution is 2.22. The maximum absolute atomic E-state index is 12.2. The summed E-state index contributed by atoms with van der Waals surface area (Å²) in [5, 5.41) is 0. The summed E-state index contributed by atoms with van der Waals surface area (Å²) in [6.45, 7) is 4.52. The lowest BCUT2D eigenvalue weighted by Crippen LogP contribution is -2.37. The number of nitrogens with one attached hydrogen (secondary N) is 1. The second-order valence-electron chi connectivity index (χ2n) is 6.34. The monoisotopic (exact) mass is 324 g/mol. The third kappa shape index (κ3) is 2.77. The molecule has 7 heteroatoms. The molecule has 1 aliphatic heterocycles. The Morgan fingerprint density at radius 1 is 1.21 bits per heavy atom. The van der Waals surface area contributed by atoms with Gasteiger partial charge in [-0.1, -0.05) is 0 Å². The molecule has 4 heterocycles. The van der Waals surface area contributed by atoms with Crippen molar-refractivity contribution in [1.29, 1.82) is 0 Å². The molecule has 1 aliphatic rings. The molecule has 3 aromatic heterocycles. The van der Waals surface area contributed by atoms with Crippen LogP contribution in [0, 0.1) is 12.8 Å². The van der Waals surface area contributed by atoms with E-state index in [0.29, 0.717) is 12.5 Å². The summed E-state index contributed by atoms with van der Waals surface area (Å²) in [7, 11) is 0. The summed E-state index contributed by atoms with van der Waals surface area (Å²) in [5.41, 5.74) is 2.45. The average Bonchev–Trinajstić information content (AvgIpc) is 2.91. The van der Waals surface area contributed by atoms with Crippen LogP contribution >= 0.6 is 0 Å². The number of aromatic amines is 1. The summed E-state index contributed by atoms with van der Waals surface area (Å²) < 4.78 is 1.76. The number of fused-ring (bicyclic) bond motifs is 1. The van der Waals surface area contributed by atoms with Crippen LogP contribution in [0.3, 0.4) is 0 Å². The lowest BCUT2D eigenvalue weighted by atomic mass is 9.97. The number of pyridine rings is 1. The summed E-state index contributed by atoms with van der Waals surface area (Å²) in [5.74, 6) is 1.27. The van der Waals surface area contributed by atoms with Gasteiger partial charge in [0.05, 0.1) is 5.52 Å². The Balaban J connectivity index is 1.46. The van der Waals surface area contributed by atoms with Crippen LogP contribution in [-0.2, 0) is 6.54 Å². The summed E-state index contributed by atoms with van der Waals surface area (Å²) in [6, 6.07) is 5.63. The third-order valence-electron chi connectivity index (χ3n) is 4.65. The molecule has 0 aromatic carbocycles. The Morgan fingerprint density at radius 2 is 2.04 bits per heavy atom. The summed E-state index contributed by atoms with van der Waals surface area (Å²) in [4.78, 5) is 30.5. The maximum atomic E-state index is 12.2. The number of hydrogen-bond donors (Lipinski definition) is 1. The van der Waals surface area contributed by atoms with Crippen molar-refractivity contribution in [3.63, 3.8) is 0 Å². The Morgan fingerprint density at radius 3 is 2.83 bits per heavy atom. The third-order valence-corrected chi connectivity index (χ3v) is 4.65. The van der Waals surface area contributed by atoms with Crippen LogP contribution in [0.5, 0.6) is 0 Å². The van der Waals surface area contributed by atoms with Gasteiger partial charge in [0.1, 0.15) is 0 Å². The standard InChI is InChI=1S/C17H20N6O/c1-12-4-8-19-16(20-12)22-9-5-13(6-10-22)11-23-15-14(21-17(23)24)3-2-7-18-15/h2-4,7-8,13H,5-6,9-11H2,1H3,(H,21,24). The molecule has 0 aliphatic carbocycles. The van der Waals surface area contributed by atoms with Gasteiger partial charge in [-0.3, -0.25) is 4.57 Å². The van der Waals surface area contributed by atoms with Gasteiger partial charge < -0.3 is 9.88 Å². The minimum absolute atomic E-state index is 0.0758. The van der Waals surface area contributed by atoms with Crippen molar-refractivity contribution in [3.05, 3.63) is 46.8 Å². The highest BCUT2D eigenvalue weighted by Gasteiger charge is 2.22. The quantitative estimate of drug-likeness (QED) is 0.794. The first kappa shape index (κ1) is 14.9. The topological polar surface area (TPSA) is 79.7 Å². The van der Waals surface area contributed by atoms with E-state index < -0.39 is 0 Å². The maximum Gasteiger partial charge on any atom is 0.327 e. The van der Waals surface area contributed by atoms with E-state index in [1.807, 2.05) is 25.1 Å². The average molecular weight is 324 g/mol. The number of piperidine rings is 1. The van der Waals surface area contributed by atoms with Gasteiger partial charge in [0.15, 0.2) is 5.65 Å². The van der Waals surface area contributed by atoms with E-state index >= 15 is 0 Å². The fraction of sp³-hybridized carbons (Fsp3) is 0.412. The lowest BCUT2D eigenvalue weighted by molar-refractivity contribution is 0.354. The van der Waals surface area contributed by atoms with Crippen molar-refractivity contribution < 1.29 is 0 Å². The van der Waals surface area contributed by atoms with Crippen LogP contribution in [0.25, 0.3) is 11.2 Å². The van der Waals surface area contributed by atoms with E-state index in [0.717, 1.165) is 48.7 Å². The van der Waals surface area contributed by atoms with Crippen LogP contribution in [-0.4, -0.2) is 37.6 Å². The Kier molecular flexibility index (Phi) is 3.76. The molecule has 1 saturated heterocycles. The van der Waals surface area contributed by atoms with Crippen LogP contribution in [0.15, 0.2) is 35.4 Å². The Hall–Kier alpha value is -2.70. The van der Waals surface area contributed by atoms with E-state index in [1.54, 1.807) is 17.0 Å². The summed E-state index contributed by atoms with van der Waals surface area (Å²) in [6.07, 6.45) is 5.57. The predicted molar refractivity (Wildman–Crippen MR) is 92.1 cm³/mol. The number of rotatable bonds is 3. The normalized spacial score (nSPS) is 16.0. The van der Waals surface area contributed by atoms with Gasteiger partial charge in [0.25, 0.3) is 0 Å². The number of nitrogens with zero attached hydrogens (tertiary/aromatic N) is 5. The van der Waals surface area contributed by atoms with Crippen molar-refractivity contribution in [2.24, 2.45) is 5.92 Å². The number of aromatic nitrogens is 5. The molecule has 1 fully saturated rings. The van der Waals surface area contributed by atoms with Crippen LogP contribution in [0.4, 0.5) is 5.95 Å². The van der Waals surface area contributed by atoms with Crippen molar-refractivity contribution in [2.75, 3.05) is 18.0 Å². The molecular formula is C17H20N6O. The molecule has 24 heavy (non-hydrogen) atoms. The first-order valence-electron chi connectivity index (χ1n) is 8.29. The van der Waals surface area contributed by atoms with E-state index in [4.69, 9.17) is 0 Å². The Bertz CT molecular complexity index is 907. The largest absolute Gasteiger partial charge is 0.341 e. The molecule has 0 radical (unpaired) electrons. The molecular weight excluding hydrogens is 304 g/mol. The number of aryl methyl sites for hydroxylation is 1. The number of hydrogen-bond acceptors (Lipinski definition) is 5. The molecule has 0 bridgehead atoms. The van der Waals surface area contributed by atoms with E-state index in [9.17, 15) is 4.79 Å². The van der Waals surface area contributed by atoms with Crippen molar-refractivity contribution >= 4 is 17.1 Å². The zero-order valence-electron chi connectivity index (χ0n) is 13.6. The van der Waals surface area contributed by atoms with E-state index in [1.165, 1.54) is 0 Å². The van der Waals surface area contributed by atoms with Crippen LogP contribution in [0.2, 0.25) is 0 Å². The van der Waals surface area contributed by atoms with Crippen molar-refractivity contribution in [1.82, 2.24) is 24.5 Å². The molecule has 0 spiro atoms. The molecule has 4 rings (SSSR count). The molecule has 0 saturated carbocycles. The molecule has 7 nitrogen and oxygen atoms in total. The zero-order chi connectivity index (χ0) is 16.5. The van der Waals surface area contributed by atoms with Crippen LogP contribution in [0.1, 0.15) is 18.5 Å². The second kappa shape index (κ2) is 6.07. The van der Waals surface area contributed by atoms with Crippen LogP contribution < -0.4 is 10.6 Å². The first-order valence-corrected chi connectivity index (χ1v) is 8.29. The van der Waals surface area contributed by atoms with Gasteiger partial charge in [0.2, 0.25) is 5.95 Å². The Labute approximate surface area is 139 Å². The van der Waals surface area contributed by atoms with Gasteiger partial charge in [-0.2, -0.15) is 0 Å². The molecule has 3 aromatic rings. The predicted octanol–water partition coefficient (Wildman–Crippen LogP) is 1.74. The van der Waals surface area contributed by atoms with Gasteiger partial charge in [0, 0.05) is 37.7 Å². The SMILES string of the molecule is Cc1ccnc(N2CCC(Cn3c(=O)[nH]c4cccnc43)CC2)n1. The van der Waals surface area contributed by atoms with Gasteiger partial charge in [-0.05, 0) is 43.9 Å². The minimum atomic E-state index is -0.0758. The highest BCUT2D eigenvalue weighted by atomic mass is 16.1. The highest BCUT2D eigenvalue weighted by molar-refractivity contribution is 5.69. The number of anilines is 1.